The zero-order valence-corrected chi connectivity index (χ0v) is 13.5. The highest BCUT2D eigenvalue weighted by atomic mass is 19.1. The van der Waals surface area contributed by atoms with Crippen LogP contribution >= 0.6 is 0 Å². The predicted molar refractivity (Wildman–Crippen MR) is 84.3 cm³/mol. The van der Waals surface area contributed by atoms with Gasteiger partial charge in [-0.3, -0.25) is 0 Å². The Morgan fingerprint density at radius 3 is 2.43 bits per heavy atom. The van der Waals surface area contributed by atoms with Crippen LogP contribution in [0.4, 0.5) is 10.1 Å². The number of hydrogen-bond acceptors (Lipinski definition) is 4. The average Bonchev–Trinajstić information content (AvgIpc) is 2.45. The number of nitrogens with two attached hydrogens (primary N) is 1. The quantitative estimate of drug-likeness (QED) is 0.712. The van der Waals surface area contributed by atoms with E-state index in [4.69, 9.17) is 15.2 Å². The summed E-state index contributed by atoms with van der Waals surface area (Å²) in [7, 11) is 3.37. The lowest BCUT2D eigenvalue weighted by Gasteiger charge is -2.28. The molecule has 0 spiro atoms. The minimum Gasteiger partial charge on any atom is -0.385 e. The van der Waals surface area contributed by atoms with Crippen molar-refractivity contribution in [1.29, 1.82) is 0 Å². The summed E-state index contributed by atoms with van der Waals surface area (Å²) in [6.45, 7) is 6.51. The summed E-state index contributed by atoms with van der Waals surface area (Å²) in [5, 5.41) is 0. The number of aryl methyl sites for hydroxylation is 1. The zero-order valence-electron chi connectivity index (χ0n) is 13.5. The lowest BCUT2D eigenvalue weighted by Crippen LogP contribution is -2.31. The Balaban J connectivity index is 3.05. The van der Waals surface area contributed by atoms with E-state index in [1.807, 2.05) is 13.0 Å². The Morgan fingerprint density at radius 2 is 1.86 bits per heavy atom. The lowest BCUT2D eigenvalue weighted by molar-refractivity contribution is 0.191. The highest BCUT2D eigenvalue weighted by Crippen LogP contribution is 2.28. The molecule has 0 radical (unpaired) electrons. The van der Waals surface area contributed by atoms with Gasteiger partial charge in [-0.1, -0.05) is 0 Å². The second-order valence-electron chi connectivity index (χ2n) is 5.28. The van der Waals surface area contributed by atoms with E-state index in [0.717, 1.165) is 30.8 Å². The molecule has 21 heavy (non-hydrogen) atoms. The van der Waals surface area contributed by atoms with E-state index in [0.29, 0.717) is 18.8 Å². The molecule has 0 unspecified atom stereocenters. The zero-order chi connectivity index (χ0) is 15.8. The highest BCUT2D eigenvalue weighted by molar-refractivity contribution is 5.57. The van der Waals surface area contributed by atoms with Gasteiger partial charge < -0.3 is 20.1 Å². The van der Waals surface area contributed by atoms with Gasteiger partial charge in [0.25, 0.3) is 0 Å². The van der Waals surface area contributed by atoms with Crippen LogP contribution in [0.3, 0.4) is 0 Å². The van der Waals surface area contributed by atoms with Gasteiger partial charge >= 0.3 is 0 Å². The molecule has 0 aliphatic rings. The monoisotopic (exact) mass is 298 g/mol. The number of benzene rings is 1. The van der Waals surface area contributed by atoms with E-state index in [1.54, 1.807) is 27.2 Å². The van der Waals surface area contributed by atoms with Crippen LogP contribution in [0.15, 0.2) is 12.1 Å². The van der Waals surface area contributed by atoms with Crippen molar-refractivity contribution in [3.63, 3.8) is 0 Å². The largest absolute Gasteiger partial charge is 0.385 e. The van der Waals surface area contributed by atoms with Crippen LogP contribution in [-0.4, -0.2) is 40.5 Å². The van der Waals surface area contributed by atoms with Crippen molar-refractivity contribution in [2.75, 3.05) is 45.4 Å². The first-order chi connectivity index (χ1) is 10.0. The Kier molecular flexibility index (Phi) is 7.64. The molecule has 0 amide bonds. The molecule has 1 aromatic carbocycles. The van der Waals surface area contributed by atoms with E-state index >= 15 is 0 Å². The van der Waals surface area contributed by atoms with Crippen LogP contribution in [0.1, 0.15) is 30.5 Å². The van der Waals surface area contributed by atoms with Crippen molar-refractivity contribution in [3.05, 3.63) is 29.1 Å². The maximum atomic E-state index is 13.8. The molecular weight excluding hydrogens is 271 g/mol. The minimum absolute atomic E-state index is 0.213. The highest BCUT2D eigenvalue weighted by Gasteiger charge is 2.16. The number of rotatable bonds is 9. The number of hydrogen-bond donors (Lipinski definition) is 1. The second kappa shape index (κ2) is 8.97. The summed E-state index contributed by atoms with van der Waals surface area (Å²) < 4.78 is 24.1. The third-order valence-corrected chi connectivity index (χ3v) is 3.48. The summed E-state index contributed by atoms with van der Waals surface area (Å²) in [5.74, 6) is -0.213. The van der Waals surface area contributed by atoms with Crippen molar-refractivity contribution >= 4 is 5.69 Å². The van der Waals surface area contributed by atoms with Crippen molar-refractivity contribution in [2.24, 2.45) is 5.73 Å². The van der Waals surface area contributed by atoms with Crippen LogP contribution in [-0.2, 0) is 9.47 Å². The Morgan fingerprint density at radius 1 is 1.19 bits per heavy atom. The molecule has 0 bridgehead atoms. The van der Waals surface area contributed by atoms with E-state index < -0.39 is 0 Å². The molecule has 0 aliphatic carbocycles. The number of anilines is 1. The van der Waals surface area contributed by atoms with Gasteiger partial charge in [0, 0.05) is 45.6 Å². The van der Waals surface area contributed by atoms with E-state index in [-0.39, 0.29) is 11.9 Å². The fourth-order valence-electron chi connectivity index (χ4n) is 2.27. The third kappa shape index (κ3) is 5.26. The van der Waals surface area contributed by atoms with E-state index in [1.165, 1.54) is 0 Å². The normalized spacial score (nSPS) is 12.5. The molecule has 1 aromatic rings. The lowest BCUT2D eigenvalue weighted by atomic mass is 10.0. The number of methoxy groups -OCH3 is 2. The standard InChI is InChI=1S/C16H27FN2O2/c1-12-10-16(14(13(2)18)11-15(12)17)19(7-9-21-4)6-5-8-20-3/h10-11,13H,5-9,18H2,1-4H3/t13-/m1/s1. The predicted octanol–water partition coefficient (Wildman–Crippen LogP) is 2.64. The van der Waals surface area contributed by atoms with Gasteiger partial charge in [0.2, 0.25) is 0 Å². The Hall–Kier alpha value is -1.17. The molecule has 0 heterocycles. The molecule has 2 N–H and O–H groups in total. The van der Waals surface area contributed by atoms with Gasteiger partial charge in [-0.2, -0.15) is 0 Å². The first kappa shape index (κ1) is 17.9. The first-order valence-electron chi connectivity index (χ1n) is 7.29. The SMILES string of the molecule is COCCCN(CCOC)c1cc(C)c(F)cc1[C@@H](C)N. The summed E-state index contributed by atoms with van der Waals surface area (Å²) in [6, 6.07) is 3.20. The molecule has 0 saturated carbocycles. The molecule has 1 rings (SSSR count). The molecule has 120 valence electrons. The average molecular weight is 298 g/mol. The number of ether oxygens (including phenoxy) is 2. The second-order valence-corrected chi connectivity index (χ2v) is 5.28. The maximum absolute atomic E-state index is 13.8. The van der Waals surface area contributed by atoms with Gasteiger partial charge in [0.1, 0.15) is 5.82 Å². The van der Waals surface area contributed by atoms with Gasteiger partial charge in [-0.25, -0.2) is 4.39 Å². The van der Waals surface area contributed by atoms with Gasteiger partial charge in [-0.05, 0) is 43.5 Å². The fraction of sp³-hybridized carbons (Fsp3) is 0.625. The summed E-state index contributed by atoms with van der Waals surface area (Å²) in [6.07, 6.45) is 0.898. The topological polar surface area (TPSA) is 47.7 Å². The van der Waals surface area contributed by atoms with E-state index in [2.05, 4.69) is 4.90 Å². The fourth-order valence-corrected chi connectivity index (χ4v) is 2.27. The number of halogens is 1. The molecule has 5 heteroatoms. The first-order valence-corrected chi connectivity index (χ1v) is 7.29. The molecule has 0 aromatic heterocycles. The van der Waals surface area contributed by atoms with E-state index in [9.17, 15) is 4.39 Å². The smallest absolute Gasteiger partial charge is 0.126 e. The van der Waals surface area contributed by atoms with Crippen molar-refractivity contribution in [2.45, 2.75) is 26.3 Å². The van der Waals surface area contributed by atoms with Crippen molar-refractivity contribution < 1.29 is 13.9 Å². The molecule has 0 aliphatic heterocycles. The summed E-state index contributed by atoms with van der Waals surface area (Å²) in [4.78, 5) is 2.19. The van der Waals surface area contributed by atoms with Crippen molar-refractivity contribution in [3.8, 4) is 0 Å². The number of nitrogens with zero attached hydrogens (tertiary/aromatic N) is 1. The van der Waals surface area contributed by atoms with Crippen LogP contribution in [0, 0.1) is 12.7 Å². The van der Waals surface area contributed by atoms with Crippen LogP contribution in [0.2, 0.25) is 0 Å². The van der Waals surface area contributed by atoms with Crippen LogP contribution in [0.5, 0.6) is 0 Å². The van der Waals surface area contributed by atoms with Gasteiger partial charge in [0.15, 0.2) is 0 Å². The Bertz CT molecular complexity index is 439. The maximum Gasteiger partial charge on any atom is 0.126 e. The molecule has 1 atom stereocenters. The van der Waals surface area contributed by atoms with Gasteiger partial charge in [0.05, 0.1) is 6.61 Å². The van der Waals surface area contributed by atoms with Crippen LogP contribution in [0.25, 0.3) is 0 Å². The Labute approximate surface area is 127 Å². The minimum atomic E-state index is -0.220. The molecule has 0 fully saturated rings. The summed E-state index contributed by atoms with van der Waals surface area (Å²) >= 11 is 0. The van der Waals surface area contributed by atoms with Crippen molar-refractivity contribution in [1.82, 2.24) is 0 Å². The molecule has 4 nitrogen and oxygen atoms in total. The van der Waals surface area contributed by atoms with Gasteiger partial charge in [-0.15, -0.1) is 0 Å². The summed E-state index contributed by atoms with van der Waals surface area (Å²) in [5.41, 5.74) is 8.44. The molecule has 0 saturated heterocycles. The third-order valence-electron chi connectivity index (χ3n) is 3.48. The van der Waals surface area contributed by atoms with Crippen LogP contribution < -0.4 is 10.6 Å². The molecular formula is C16H27FN2O2.